The van der Waals surface area contributed by atoms with E-state index >= 15 is 0 Å². The number of nitrogens with one attached hydrogen (secondary N) is 2. The zero-order valence-electron chi connectivity index (χ0n) is 12.3. The van der Waals surface area contributed by atoms with Gasteiger partial charge in [-0.15, -0.1) is 0 Å². The molecule has 1 aromatic carbocycles. The van der Waals surface area contributed by atoms with E-state index in [0.29, 0.717) is 18.5 Å². The first-order chi connectivity index (χ1) is 9.72. The molecule has 0 aromatic heterocycles. The largest absolute Gasteiger partial charge is 0.497 e. The lowest BCUT2D eigenvalue weighted by Gasteiger charge is -2.36. The molecule has 1 amide bonds. The third-order valence-electron chi connectivity index (χ3n) is 3.85. The molecule has 0 heterocycles. The van der Waals surface area contributed by atoms with Crippen LogP contribution in [0.3, 0.4) is 0 Å². The van der Waals surface area contributed by atoms with Crippen LogP contribution in [0.5, 0.6) is 5.75 Å². The van der Waals surface area contributed by atoms with Gasteiger partial charge in [0, 0.05) is 12.6 Å². The molecule has 2 N–H and O–H groups in total. The summed E-state index contributed by atoms with van der Waals surface area (Å²) in [6, 6.07) is 8.75. The maximum absolute atomic E-state index is 11.5. The number of hydrogen-bond donors (Lipinski definition) is 2. The predicted octanol–water partition coefficient (Wildman–Crippen LogP) is 2.06. The SMILES string of the molecule is CCCNC(=O)CNC1CC(c2ccc(OC)cc2)C1. The van der Waals surface area contributed by atoms with Crippen LogP contribution in [0.4, 0.5) is 0 Å². The van der Waals surface area contributed by atoms with Crippen molar-refractivity contribution in [3.05, 3.63) is 29.8 Å². The van der Waals surface area contributed by atoms with Crippen LogP contribution in [0, 0.1) is 0 Å². The summed E-state index contributed by atoms with van der Waals surface area (Å²) in [5, 5.41) is 6.19. The molecule has 1 saturated carbocycles. The zero-order valence-corrected chi connectivity index (χ0v) is 12.3. The Morgan fingerprint density at radius 1 is 1.30 bits per heavy atom. The predicted molar refractivity (Wildman–Crippen MR) is 80.1 cm³/mol. The molecule has 2 rings (SSSR count). The Hall–Kier alpha value is -1.55. The lowest BCUT2D eigenvalue weighted by Crippen LogP contribution is -2.45. The molecule has 0 radical (unpaired) electrons. The van der Waals surface area contributed by atoms with E-state index in [2.05, 4.69) is 29.7 Å². The third kappa shape index (κ3) is 3.97. The van der Waals surface area contributed by atoms with Crippen molar-refractivity contribution in [3.8, 4) is 5.75 Å². The van der Waals surface area contributed by atoms with Crippen LogP contribution in [-0.2, 0) is 4.79 Å². The van der Waals surface area contributed by atoms with Crippen molar-refractivity contribution in [1.29, 1.82) is 0 Å². The monoisotopic (exact) mass is 276 g/mol. The number of amides is 1. The standard InChI is InChI=1S/C16H24N2O2/c1-3-8-17-16(19)11-18-14-9-13(10-14)12-4-6-15(20-2)7-5-12/h4-7,13-14,18H,3,8-11H2,1-2H3,(H,17,19). The van der Waals surface area contributed by atoms with E-state index in [4.69, 9.17) is 4.74 Å². The Morgan fingerprint density at radius 2 is 2.00 bits per heavy atom. The molecule has 1 fully saturated rings. The lowest BCUT2D eigenvalue weighted by atomic mass is 9.76. The van der Waals surface area contributed by atoms with Gasteiger partial charge in [-0.25, -0.2) is 0 Å². The highest BCUT2D eigenvalue weighted by Gasteiger charge is 2.30. The number of rotatable bonds is 7. The van der Waals surface area contributed by atoms with Crippen LogP contribution in [0.15, 0.2) is 24.3 Å². The average molecular weight is 276 g/mol. The van der Waals surface area contributed by atoms with Crippen LogP contribution in [0.2, 0.25) is 0 Å². The molecule has 0 atom stereocenters. The van der Waals surface area contributed by atoms with E-state index in [1.807, 2.05) is 12.1 Å². The Balaban J connectivity index is 1.67. The van der Waals surface area contributed by atoms with E-state index in [0.717, 1.165) is 31.6 Å². The normalized spacial score (nSPS) is 21.1. The molecule has 4 heteroatoms. The van der Waals surface area contributed by atoms with E-state index in [1.54, 1.807) is 7.11 Å². The highest BCUT2D eigenvalue weighted by Crippen LogP contribution is 2.37. The van der Waals surface area contributed by atoms with Gasteiger partial charge in [-0.05, 0) is 42.9 Å². The summed E-state index contributed by atoms with van der Waals surface area (Å²) < 4.78 is 5.16. The second-order valence-corrected chi connectivity index (χ2v) is 5.37. The van der Waals surface area contributed by atoms with Gasteiger partial charge in [0.25, 0.3) is 0 Å². The fraction of sp³-hybridized carbons (Fsp3) is 0.562. The minimum atomic E-state index is 0.0970. The topological polar surface area (TPSA) is 50.4 Å². The van der Waals surface area contributed by atoms with E-state index < -0.39 is 0 Å². The second kappa shape index (κ2) is 7.29. The number of ether oxygens (including phenoxy) is 1. The Labute approximate surface area is 120 Å². The Kier molecular flexibility index (Phi) is 5.41. The van der Waals surface area contributed by atoms with Gasteiger partial charge in [-0.3, -0.25) is 4.79 Å². The molecule has 20 heavy (non-hydrogen) atoms. The van der Waals surface area contributed by atoms with Crippen molar-refractivity contribution >= 4 is 5.91 Å². The summed E-state index contributed by atoms with van der Waals surface area (Å²) in [7, 11) is 1.68. The maximum atomic E-state index is 11.5. The number of hydrogen-bond acceptors (Lipinski definition) is 3. The van der Waals surface area contributed by atoms with Crippen molar-refractivity contribution < 1.29 is 9.53 Å². The second-order valence-electron chi connectivity index (χ2n) is 5.37. The molecule has 0 unspecified atom stereocenters. The number of carbonyl (C=O) groups excluding carboxylic acids is 1. The molecule has 0 saturated heterocycles. The van der Waals surface area contributed by atoms with Crippen molar-refractivity contribution in [1.82, 2.24) is 10.6 Å². The van der Waals surface area contributed by atoms with E-state index in [1.165, 1.54) is 5.56 Å². The molecular formula is C16H24N2O2. The maximum Gasteiger partial charge on any atom is 0.233 e. The quantitative estimate of drug-likeness (QED) is 0.801. The molecule has 0 bridgehead atoms. The molecular weight excluding hydrogens is 252 g/mol. The Morgan fingerprint density at radius 3 is 2.60 bits per heavy atom. The van der Waals surface area contributed by atoms with Crippen molar-refractivity contribution in [2.75, 3.05) is 20.2 Å². The summed E-state index contributed by atoms with van der Waals surface area (Å²) in [5.74, 6) is 1.60. The van der Waals surface area contributed by atoms with Crippen molar-refractivity contribution in [3.63, 3.8) is 0 Å². The van der Waals surface area contributed by atoms with E-state index in [9.17, 15) is 4.79 Å². The van der Waals surface area contributed by atoms with Gasteiger partial charge < -0.3 is 15.4 Å². The van der Waals surface area contributed by atoms with Crippen molar-refractivity contribution in [2.24, 2.45) is 0 Å². The van der Waals surface area contributed by atoms with Crippen LogP contribution in [-0.4, -0.2) is 32.1 Å². The van der Waals surface area contributed by atoms with Gasteiger partial charge >= 0.3 is 0 Å². The minimum absolute atomic E-state index is 0.0970. The van der Waals surface area contributed by atoms with Crippen LogP contribution < -0.4 is 15.4 Å². The summed E-state index contributed by atoms with van der Waals surface area (Å²) in [5.41, 5.74) is 1.36. The molecule has 0 spiro atoms. The number of benzene rings is 1. The smallest absolute Gasteiger partial charge is 0.233 e. The highest BCUT2D eigenvalue weighted by atomic mass is 16.5. The first-order valence-electron chi connectivity index (χ1n) is 7.37. The Bertz CT molecular complexity index is 425. The van der Waals surface area contributed by atoms with E-state index in [-0.39, 0.29) is 5.91 Å². The molecule has 1 aromatic rings. The van der Waals surface area contributed by atoms with Gasteiger partial charge in [-0.2, -0.15) is 0 Å². The molecule has 1 aliphatic rings. The molecule has 110 valence electrons. The highest BCUT2D eigenvalue weighted by molar-refractivity contribution is 5.77. The molecule has 1 aliphatic carbocycles. The molecule has 0 aliphatic heterocycles. The van der Waals surface area contributed by atoms with Crippen LogP contribution >= 0.6 is 0 Å². The summed E-state index contributed by atoms with van der Waals surface area (Å²) in [6.07, 6.45) is 3.19. The van der Waals surface area contributed by atoms with Gasteiger partial charge in [0.05, 0.1) is 13.7 Å². The zero-order chi connectivity index (χ0) is 14.4. The van der Waals surface area contributed by atoms with Crippen LogP contribution in [0.25, 0.3) is 0 Å². The summed E-state index contributed by atoms with van der Waals surface area (Å²) in [6.45, 7) is 3.25. The van der Waals surface area contributed by atoms with Gasteiger partial charge in [-0.1, -0.05) is 19.1 Å². The fourth-order valence-electron chi connectivity index (χ4n) is 2.50. The average Bonchev–Trinajstić information content (AvgIpc) is 2.44. The third-order valence-corrected chi connectivity index (χ3v) is 3.85. The molecule has 4 nitrogen and oxygen atoms in total. The van der Waals surface area contributed by atoms with Gasteiger partial charge in [0.2, 0.25) is 5.91 Å². The fourth-order valence-corrected chi connectivity index (χ4v) is 2.50. The first-order valence-corrected chi connectivity index (χ1v) is 7.37. The van der Waals surface area contributed by atoms with Gasteiger partial charge in [0.15, 0.2) is 0 Å². The lowest BCUT2D eigenvalue weighted by molar-refractivity contribution is -0.120. The summed E-state index contributed by atoms with van der Waals surface area (Å²) >= 11 is 0. The first kappa shape index (κ1) is 14.9. The number of carbonyl (C=O) groups is 1. The minimum Gasteiger partial charge on any atom is -0.497 e. The van der Waals surface area contributed by atoms with Crippen molar-refractivity contribution in [2.45, 2.75) is 38.1 Å². The number of methoxy groups -OCH3 is 1. The summed E-state index contributed by atoms with van der Waals surface area (Å²) in [4.78, 5) is 11.5. The van der Waals surface area contributed by atoms with Crippen LogP contribution in [0.1, 0.15) is 37.7 Å². The van der Waals surface area contributed by atoms with Gasteiger partial charge in [0.1, 0.15) is 5.75 Å².